The second kappa shape index (κ2) is 6.61. The number of aliphatic carboxylic acids is 1. The number of hydrogen-bond donors (Lipinski definition) is 3. The standard InChI is InChI=1S/C12H16N2O4/c1-13-10(12(16)17)11(15)14-7-8-3-5-9(18-2)6-4-8/h3-6,10,13H,7H2,1-2H3,(H,14,15)(H,16,17). The predicted octanol–water partition coefficient (Wildman–Crippen LogP) is -0.0160. The zero-order valence-corrected chi connectivity index (χ0v) is 10.3. The van der Waals surface area contributed by atoms with Crippen molar-refractivity contribution in [2.24, 2.45) is 0 Å². The highest BCUT2D eigenvalue weighted by molar-refractivity contribution is 6.01. The number of methoxy groups -OCH3 is 1. The lowest BCUT2D eigenvalue weighted by molar-refractivity contribution is -0.143. The first-order valence-electron chi connectivity index (χ1n) is 5.39. The van der Waals surface area contributed by atoms with Crippen LogP contribution in [0.15, 0.2) is 24.3 Å². The maximum absolute atomic E-state index is 11.5. The van der Waals surface area contributed by atoms with Crippen LogP contribution >= 0.6 is 0 Å². The zero-order valence-electron chi connectivity index (χ0n) is 10.3. The molecule has 0 heterocycles. The number of nitrogens with one attached hydrogen (secondary N) is 2. The van der Waals surface area contributed by atoms with Crippen LogP contribution in [-0.2, 0) is 16.1 Å². The SMILES string of the molecule is CNC(C(=O)O)C(=O)NCc1ccc(OC)cc1. The van der Waals surface area contributed by atoms with Gasteiger partial charge in [0, 0.05) is 6.54 Å². The minimum absolute atomic E-state index is 0.272. The summed E-state index contributed by atoms with van der Waals surface area (Å²) in [6.07, 6.45) is 0. The number of carboxylic acid groups (broad SMARTS) is 1. The van der Waals surface area contributed by atoms with Crippen LogP contribution in [0.3, 0.4) is 0 Å². The third-order valence-corrected chi connectivity index (χ3v) is 2.42. The van der Waals surface area contributed by atoms with E-state index in [9.17, 15) is 9.59 Å². The summed E-state index contributed by atoms with van der Waals surface area (Å²) in [5.41, 5.74) is 0.865. The van der Waals surface area contributed by atoms with Gasteiger partial charge in [0.05, 0.1) is 7.11 Å². The summed E-state index contributed by atoms with van der Waals surface area (Å²) < 4.78 is 5.01. The van der Waals surface area contributed by atoms with E-state index in [1.807, 2.05) is 0 Å². The maximum atomic E-state index is 11.5. The van der Waals surface area contributed by atoms with Gasteiger partial charge in [-0.1, -0.05) is 12.1 Å². The first-order chi connectivity index (χ1) is 8.58. The van der Waals surface area contributed by atoms with E-state index < -0.39 is 17.9 Å². The number of carbonyl (C=O) groups excluding carboxylic acids is 1. The molecule has 0 aromatic heterocycles. The van der Waals surface area contributed by atoms with Crippen molar-refractivity contribution in [3.8, 4) is 5.75 Å². The predicted molar refractivity (Wildman–Crippen MR) is 65.3 cm³/mol. The van der Waals surface area contributed by atoms with E-state index in [-0.39, 0.29) is 6.54 Å². The zero-order chi connectivity index (χ0) is 13.5. The Morgan fingerprint density at radius 3 is 2.39 bits per heavy atom. The van der Waals surface area contributed by atoms with E-state index in [1.54, 1.807) is 31.4 Å². The maximum Gasteiger partial charge on any atom is 0.330 e. The van der Waals surface area contributed by atoms with Crippen molar-refractivity contribution in [3.05, 3.63) is 29.8 Å². The molecular weight excluding hydrogens is 236 g/mol. The molecule has 1 aromatic rings. The van der Waals surface area contributed by atoms with Gasteiger partial charge in [-0.15, -0.1) is 0 Å². The quantitative estimate of drug-likeness (QED) is 0.619. The van der Waals surface area contributed by atoms with Gasteiger partial charge in [-0.05, 0) is 24.7 Å². The Hall–Kier alpha value is -2.08. The molecule has 18 heavy (non-hydrogen) atoms. The molecule has 0 aliphatic heterocycles. The van der Waals surface area contributed by atoms with Crippen LogP contribution in [0.1, 0.15) is 5.56 Å². The topological polar surface area (TPSA) is 87.7 Å². The van der Waals surface area contributed by atoms with Crippen LogP contribution in [0.2, 0.25) is 0 Å². The van der Waals surface area contributed by atoms with Crippen molar-refractivity contribution in [1.29, 1.82) is 0 Å². The van der Waals surface area contributed by atoms with Gasteiger partial charge in [0.1, 0.15) is 5.75 Å². The highest BCUT2D eigenvalue weighted by Gasteiger charge is 2.23. The van der Waals surface area contributed by atoms with Crippen LogP contribution in [0, 0.1) is 0 Å². The number of rotatable bonds is 6. The summed E-state index contributed by atoms with van der Waals surface area (Å²) in [6.45, 7) is 0.272. The fourth-order valence-corrected chi connectivity index (χ4v) is 1.40. The third kappa shape index (κ3) is 3.74. The number of likely N-dealkylation sites (N-methyl/N-ethyl adjacent to an activating group) is 1. The Labute approximate surface area is 105 Å². The van der Waals surface area contributed by atoms with Gasteiger partial charge in [-0.25, -0.2) is 4.79 Å². The molecule has 0 bridgehead atoms. The Morgan fingerprint density at radius 1 is 1.33 bits per heavy atom. The molecular formula is C12H16N2O4. The molecule has 98 valence electrons. The smallest absolute Gasteiger partial charge is 0.330 e. The van der Waals surface area contributed by atoms with Crippen molar-refractivity contribution in [1.82, 2.24) is 10.6 Å². The van der Waals surface area contributed by atoms with E-state index in [0.29, 0.717) is 0 Å². The van der Waals surface area contributed by atoms with Crippen molar-refractivity contribution in [2.75, 3.05) is 14.2 Å². The van der Waals surface area contributed by atoms with Crippen molar-refractivity contribution in [2.45, 2.75) is 12.6 Å². The van der Waals surface area contributed by atoms with Crippen LogP contribution in [0.5, 0.6) is 5.75 Å². The summed E-state index contributed by atoms with van der Waals surface area (Å²) in [7, 11) is 2.99. The van der Waals surface area contributed by atoms with Crippen molar-refractivity contribution < 1.29 is 19.4 Å². The molecule has 0 saturated carbocycles. The molecule has 1 aromatic carbocycles. The van der Waals surface area contributed by atoms with Gasteiger partial charge in [0.25, 0.3) is 0 Å². The number of carbonyl (C=O) groups is 2. The van der Waals surface area contributed by atoms with E-state index in [4.69, 9.17) is 9.84 Å². The average molecular weight is 252 g/mol. The molecule has 1 atom stereocenters. The molecule has 1 unspecified atom stereocenters. The van der Waals surface area contributed by atoms with Gasteiger partial charge < -0.3 is 15.2 Å². The van der Waals surface area contributed by atoms with E-state index >= 15 is 0 Å². The Kier molecular flexibility index (Phi) is 5.13. The molecule has 0 aliphatic rings. The van der Waals surface area contributed by atoms with Gasteiger partial charge in [-0.2, -0.15) is 0 Å². The fraction of sp³-hybridized carbons (Fsp3) is 0.333. The first-order valence-corrected chi connectivity index (χ1v) is 5.39. The molecule has 0 aliphatic carbocycles. The van der Waals surface area contributed by atoms with Gasteiger partial charge in [-0.3, -0.25) is 10.1 Å². The number of amides is 1. The Balaban J connectivity index is 2.53. The Morgan fingerprint density at radius 2 is 1.94 bits per heavy atom. The van der Waals surface area contributed by atoms with Crippen molar-refractivity contribution in [3.63, 3.8) is 0 Å². The third-order valence-electron chi connectivity index (χ3n) is 2.42. The Bertz CT molecular complexity index is 417. The van der Waals surface area contributed by atoms with Crippen LogP contribution < -0.4 is 15.4 Å². The molecule has 0 spiro atoms. The summed E-state index contributed by atoms with van der Waals surface area (Å²) in [4.78, 5) is 22.3. The summed E-state index contributed by atoms with van der Waals surface area (Å²) in [5, 5.41) is 13.7. The molecule has 0 radical (unpaired) electrons. The second-order valence-electron chi connectivity index (χ2n) is 3.63. The lowest BCUT2D eigenvalue weighted by Gasteiger charge is -2.11. The number of carboxylic acids is 1. The molecule has 3 N–H and O–H groups in total. The van der Waals surface area contributed by atoms with Gasteiger partial charge >= 0.3 is 5.97 Å². The second-order valence-corrected chi connectivity index (χ2v) is 3.63. The van der Waals surface area contributed by atoms with Crippen LogP contribution in [0.4, 0.5) is 0 Å². The molecule has 1 rings (SSSR count). The van der Waals surface area contributed by atoms with E-state index in [0.717, 1.165) is 11.3 Å². The minimum Gasteiger partial charge on any atom is -0.497 e. The van der Waals surface area contributed by atoms with Gasteiger partial charge in [0.15, 0.2) is 6.04 Å². The number of ether oxygens (including phenoxy) is 1. The normalized spacial score (nSPS) is 11.7. The summed E-state index contributed by atoms with van der Waals surface area (Å²) in [5.74, 6) is -1.05. The number of hydrogen-bond acceptors (Lipinski definition) is 4. The monoisotopic (exact) mass is 252 g/mol. The molecule has 0 saturated heterocycles. The van der Waals surface area contributed by atoms with Crippen LogP contribution in [0.25, 0.3) is 0 Å². The molecule has 6 heteroatoms. The number of benzene rings is 1. The van der Waals surface area contributed by atoms with E-state index in [2.05, 4.69) is 10.6 Å². The minimum atomic E-state index is -1.23. The largest absolute Gasteiger partial charge is 0.497 e. The molecule has 1 amide bonds. The molecule has 0 fully saturated rings. The molecule has 6 nitrogen and oxygen atoms in total. The van der Waals surface area contributed by atoms with Crippen molar-refractivity contribution >= 4 is 11.9 Å². The summed E-state index contributed by atoms with van der Waals surface area (Å²) >= 11 is 0. The lowest BCUT2D eigenvalue weighted by Crippen LogP contribution is -2.47. The highest BCUT2D eigenvalue weighted by atomic mass is 16.5. The highest BCUT2D eigenvalue weighted by Crippen LogP contribution is 2.10. The summed E-state index contributed by atoms with van der Waals surface area (Å²) in [6, 6.07) is 5.91. The lowest BCUT2D eigenvalue weighted by atomic mass is 10.2. The van der Waals surface area contributed by atoms with Crippen LogP contribution in [-0.4, -0.2) is 37.2 Å². The van der Waals surface area contributed by atoms with Gasteiger partial charge in [0.2, 0.25) is 5.91 Å². The van der Waals surface area contributed by atoms with E-state index in [1.165, 1.54) is 7.05 Å². The average Bonchev–Trinajstić information content (AvgIpc) is 2.37. The first kappa shape index (κ1) is 14.0. The fourth-order valence-electron chi connectivity index (χ4n) is 1.40.